The lowest BCUT2D eigenvalue weighted by atomic mass is 10.2. The molecule has 28 heavy (non-hydrogen) atoms. The molecule has 1 fully saturated rings. The Morgan fingerprint density at radius 3 is 2.61 bits per heavy atom. The molecule has 0 spiro atoms. The van der Waals surface area contributed by atoms with Crippen LogP contribution >= 0.6 is 0 Å². The maximum Gasteiger partial charge on any atom is 0.293 e. The van der Waals surface area contributed by atoms with Crippen molar-refractivity contribution in [3.8, 4) is 0 Å². The van der Waals surface area contributed by atoms with Crippen LogP contribution in [0.2, 0.25) is 0 Å². The van der Waals surface area contributed by atoms with Crippen LogP contribution in [0.1, 0.15) is 6.92 Å². The molecule has 1 aromatic carbocycles. The molecular weight excluding hydrogens is 386 g/mol. The first kappa shape index (κ1) is 22.5. The van der Waals surface area contributed by atoms with Gasteiger partial charge in [-0.3, -0.25) is 15.0 Å². The molecular formula is C17H29N5O5S. The Hall–Kier alpha value is -1.79. The zero-order valence-corrected chi connectivity index (χ0v) is 17.4. The van der Waals surface area contributed by atoms with E-state index in [1.165, 1.54) is 12.1 Å². The summed E-state index contributed by atoms with van der Waals surface area (Å²) in [6.45, 7) is 6.30. The highest BCUT2D eigenvalue weighted by atomic mass is 32.2. The van der Waals surface area contributed by atoms with Crippen LogP contribution in [0.5, 0.6) is 0 Å². The number of nitrogens with zero attached hydrogens (tertiary/aromatic N) is 3. The summed E-state index contributed by atoms with van der Waals surface area (Å²) in [6, 6.07) is 4.09. The van der Waals surface area contributed by atoms with Gasteiger partial charge >= 0.3 is 0 Å². The van der Waals surface area contributed by atoms with Crippen molar-refractivity contribution in [2.24, 2.45) is 0 Å². The van der Waals surface area contributed by atoms with Crippen molar-refractivity contribution in [3.63, 3.8) is 0 Å². The molecule has 0 aromatic heterocycles. The van der Waals surface area contributed by atoms with Crippen molar-refractivity contribution in [2.75, 3.05) is 65.3 Å². The van der Waals surface area contributed by atoms with Crippen molar-refractivity contribution in [1.29, 1.82) is 0 Å². The number of anilines is 1. The molecule has 0 aliphatic carbocycles. The van der Waals surface area contributed by atoms with Gasteiger partial charge in [-0.15, -0.1) is 0 Å². The van der Waals surface area contributed by atoms with Gasteiger partial charge in [0.15, 0.2) is 0 Å². The summed E-state index contributed by atoms with van der Waals surface area (Å²) in [7, 11) is -0.146. The van der Waals surface area contributed by atoms with Crippen LogP contribution in [-0.2, 0) is 14.8 Å². The van der Waals surface area contributed by atoms with Crippen LogP contribution < -0.4 is 10.0 Å². The number of hydrogen-bond acceptors (Lipinski definition) is 8. The van der Waals surface area contributed by atoms with Crippen molar-refractivity contribution >= 4 is 21.4 Å². The van der Waals surface area contributed by atoms with Gasteiger partial charge in [0.05, 0.1) is 23.0 Å². The Bertz CT molecular complexity index is 765. The van der Waals surface area contributed by atoms with Gasteiger partial charge < -0.3 is 15.0 Å². The van der Waals surface area contributed by atoms with Gasteiger partial charge in [0.1, 0.15) is 5.69 Å². The summed E-state index contributed by atoms with van der Waals surface area (Å²) in [5.41, 5.74) is 0.0435. The number of rotatable bonds is 10. The number of morpholine rings is 1. The molecule has 0 amide bonds. The van der Waals surface area contributed by atoms with Crippen molar-refractivity contribution < 1.29 is 18.1 Å². The standard InChI is InChI=1S/C17H29N5O5S/c1-14(21-8-10-27-11-9-21)13-18-16-5-4-15(12-17(16)22(23)24)28(25,26)19-6-7-20(2)3/h4-5,12,14,18-19H,6-11,13H2,1-3H3. The molecule has 11 heteroatoms. The fourth-order valence-electron chi connectivity index (χ4n) is 2.87. The molecule has 2 rings (SSSR count). The zero-order valence-electron chi connectivity index (χ0n) is 16.6. The van der Waals surface area contributed by atoms with E-state index in [-0.39, 0.29) is 23.2 Å². The smallest absolute Gasteiger partial charge is 0.293 e. The lowest BCUT2D eigenvalue weighted by molar-refractivity contribution is -0.384. The van der Waals surface area contributed by atoms with E-state index < -0.39 is 14.9 Å². The molecule has 2 N–H and O–H groups in total. The third-order valence-electron chi connectivity index (χ3n) is 4.58. The predicted molar refractivity (Wildman–Crippen MR) is 107 cm³/mol. The molecule has 1 heterocycles. The number of hydrogen-bond donors (Lipinski definition) is 2. The van der Waals surface area contributed by atoms with Crippen LogP contribution in [0.4, 0.5) is 11.4 Å². The van der Waals surface area contributed by atoms with E-state index in [1.54, 1.807) is 0 Å². The molecule has 1 aliphatic rings. The number of benzene rings is 1. The van der Waals surface area contributed by atoms with E-state index >= 15 is 0 Å². The summed E-state index contributed by atoms with van der Waals surface area (Å²) < 4.78 is 32.5. The predicted octanol–water partition coefficient (Wildman–Crippen LogP) is 0.567. The van der Waals surface area contributed by atoms with Gasteiger partial charge in [-0.05, 0) is 33.2 Å². The first-order valence-electron chi connectivity index (χ1n) is 9.19. The molecule has 0 radical (unpaired) electrons. The Kier molecular flexibility index (Phi) is 8.13. The largest absolute Gasteiger partial charge is 0.379 e. The number of ether oxygens (including phenoxy) is 1. The second-order valence-corrected chi connectivity index (χ2v) is 8.78. The zero-order chi connectivity index (χ0) is 20.7. The third-order valence-corrected chi connectivity index (χ3v) is 6.04. The summed E-state index contributed by atoms with van der Waals surface area (Å²) >= 11 is 0. The first-order chi connectivity index (χ1) is 13.2. The van der Waals surface area contributed by atoms with E-state index in [0.29, 0.717) is 32.0 Å². The van der Waals surface area contributed by atoms with Gasteiger partial charge in [0.25, 0.3) is 5.69 Å². The SMILES string of the molecule is CC(CNc1ccc(S(=O)(=O)NCCN(C)C)cc1[N+](=O)[O-])N1CCOCC1. The third kappa shape index (κ3) is 6.38. The van der Waals surface area contributed by atoms with Crippen LogP contribution in [0.25, 0.3) is 0 Å². The Labute approximate surface area is 166 Å². The fraction of sp³-hybridized carbons (Fsp3) is 0.647. The van der Waals surface area contributed by atoms with Crippen LogP contribution in [0.3, 0.4) is 0 Å². The number of nitrogens with one attached hydrogen (secondary N) is 2. The molecule has 158 valence electrons. The van der Waals surface area contributed by atoms with Gasteiger partial charge in [-0.2, -0.15) is 0 Å². The van der Waals surface area contributed by atoms with E-state index in [2.05, 4.69) is 14.9 Å². The summed E-state index contributed by atoms with van der Waals surface area (Å²) in [6.07, 6.45) is 0. The Morgan fingerprint density at radius 2 is 2.00 bits per heavy atom. The molecule has 0 bridgehead atoms. The summed E-state index contributed by atoms with van der Waals surface area (Å²) in [5.74, 6) is 0. The van der Waals surface area contributed by atoms with Gasteiger partial charge in [0, 0.05) is 44.8 Å². The fourth-order valence-corrected chi connectivity index (χ4v) is 3.91. The lowest BCUT2D eigenvalue weighted by Gasteiger charge is -2.32. The van der Waals surface area contributed by atoms with E-state index in [4.69, 9.17) is 4.74 Å². The van der Waals surface area contributed by atoms with Crippen LogP contribution in [-0.4, -0.2) is 89.2 Å². The summed E-state index contributed by atoms with van der Waals surface area (Å²) in [5, 5.41) is 14.5. The number of nitro benzene ring substituents is 1. The highest BCUT2D eigenvalue weighted by Crippen LogP contribution is 2.27. The topological polar surface area (TPSA) is 117 Å². The lowest BCUT2D eigenvalue weighted by Crippen LogP contribution is -2.45. The second-order valence-electron chi connectivity index (χ2n) is 7.02. The Morgan fingerprint density at radius 1 is 1.32 bits per heavy atom. The van der Waals surface area contributed by atoms with Crippen molar-refractivity contribution in [2.45, 2.75) is 17.9 Å². The molecule has 1 aliphatic heterocycles. The van der Waals surface area contributed by atoms with Crippen molar-refractivity contribution in [1.82, 2.24) is 14.5 Å². The number of nitro groups is 1. The number of sulfonamides is 1. The normalized spacial score (nSPS) is 16.9. The maximum atomic E-state index is 12.4. The van der Waals surface area contributed by atoms with Crippen LogP contribution in [0, 0.1) is 10.1 Å². The molecule has 1 saturated heterocycles. The highest BCUT2D eigenvalue weighted by molar-refractivity contribution is 7.89. The van der Waals surface area contributed by atoms with E-state index in [9.17, 15) is 18.5 Å². The molecule has 1 unspecified atom stereocenters. The minimum absolute atomic E-state index is 0.121. The first-order valence-corrected chi connectivity index (χ1v) is 10.7. The Balaban J connectivity index is 2.08. The maximum absolute atomic E-state index is 12.4. The molecule has 1 atom stereocenters. The molecule has 0 saturated carbocycles. The quantitative estimate of drug-likeness (QED) is 0.421. The summed E-state index contributed by atoms with van der Waals surface area (Å²) in [4.78, 5) is 14.9. The molecule has 1 aromatic rings. The van der Waals surface area contributed by atoms with Crippen molar-refractivity contribution in [3.05, 3.63) is 28.3 Å². The average Bonchev–Trinajstić information content (AvgIpc) is 2.66. The van der Waals surface area contributed by atoms with Gasteiger partial charge in [0.2, 0.25) is 10.0 Å². The minimum atomic E-state index is -3.81. The molecule has 10 nitrogen and oxygen atoms in total. The number of likely N-dealkylation sites (N-methyl/N-ethyl adjacent to an activating group) is 1. The van der Waals surface area contributed by atoms with E-state index in [0.717, 1.165) is 19.2 Å². The highest BCUT2D eigenvalue weighted by Gasteiger charge is 2.22. The second kappa shape index (κ2) is 10.1. The van der Waals surface area contributed by atoms with Crippen LogP contribution in [0.15, 0.2) is 23.1 Å². The monoisotopic (exact) mass is 415 g/mol. The van der Waals surface area contributed by atoms with Gasteiger partial charge in [-0.1, -0.05) is 0 Å². The minimum Gasteiger partial charge on any atom is -0.379 e. The average molecular weight is 416 g/mol. The van der Waals surface area contributed by atoms with Gasteiger partial charge in [-0.25, -0.2) is 13.1 Å². The van der Waals surface area contributed by atoms with E-state index in [1.807, 2.05) is 25.9 Å².